The maximum atomic E-state index is 10.5. The van der Waals surface area contributed by atoms with Crippen LogP contribution in [-0.4, -0.2) is 37.1 Å². The Morgan fingerprint density at radius 2 is 1.32 bits per heavy atom. The molecule has 0 spiro atoms. The van der Waals surface area contributed by atoms with Crippen molar-refractivity contribution in [3.8, 4) is 0 Å². The minimum absolute atomic E-state index is 0.0666. The summed E-state index contributed by atoms with van der Waals surface area (Å²) < 4.78 is 30.7. The molecular weight excluding hydrogens is 334 g/mol. The Kier molecular flexibility index (Phi) is 8.29. The van der Waals surface area contributed by atoms with E-state index >= 15 is 0 Å². The van der Waals surface area contributed by atoms with Crippen molar-refractivity contribution in [3.63, 3.8) is 0 Å². The molecule has 2 rings (SSSR count). The van der Waals surface area contributed by atoms with Crippen molar-refractivity contribution in [2.24, 2.45) is 0 Å². The normalized spacial score (nSPS) is 11.6. The molecule has 0 aliphatic carbocycles. The highest BCUT2D eigenvalue weighted by Crippen LogP contribution is 2.13. The van der Waals surface area contributed by atoms with E-state index in [1.165, 1.54) is 48.4 Å². The molecule has 2 aromatic rings. The molecule has 0 bridgehead atoms. The van der Waals surface area contributed by atoms with Crippen LogP contribution in [0.5, 0.6) is 0 Å². The monoisotopic (exact) mass is 364 g/mol. The number of benzene rings is 2. The summed E-state index contributed by atoms with van der Waals surface area (Å²) in [5.41, 5.74) is 2.41. The van der Waals surface area contributed by atoms with Gasteiger partial charge in [-0.05, 0) is 39.8 Å². The predicted molar refractivity (Wildman–Crippen MR) is 103 cm³/mol. The lowest BCUT2D eigenvalue weighted by molar-refractivity contribution is -0.936. The Morgan fingerprint density at radius 3 is 1.72 bits per heavy atom. The van der Waals surface area contributed by atoms with Crippen molar-refractivity contribution < 1.29 is 17.5 Å². The van der Waals surface area contributed by atoms with E-state index in [9.17, 15) is 8.42 Å². The van der Waals surface area contributed by atoms with Crippen molar-refractivity contribution in [2.75, 3.05) is 19.6 Å². The summed E-state index contributed by atoms with van der Waals surface area (Å²) in [6.07, 6.45) is 0. The van der Waals surface area contributed by atoms with Gasteiger partial charge >= 0.3 is 0 Å². The smallest absolute Gasteiger partial charge is 0.294 e. The van der Waals surface area contributed by atoms with Gasteiger partial charge in [0.15, 0.2) is 0 Å². The van der Waals surface area contributed by atoms with Gasteiger partial charge < -0.3 is 4.48 Å². The minimum Gasteiger partial charge on any atom is -0.321 e. The zero-order valence-electron chi connectivity index (χ0n) is 15.6. The topological polar surface area (TPSA) is 54.4 Å². The fourth-order valence-electron chi connectivity index (χ4n) is 2.69. The van der Waals surface area contributed by atoms with Crippen molar-refractivity contribution in [3.05, 3.63) is 65.7 Å². The summed E-state index contributed by atoms with van der Waals surface area (Å²) >= 11 is 0. The summed E-state index contributed by atoms with van der Waals surface area (Å²) in [7, 11) is -4.02. The highest BCUT2D eigenvalue weighted by molar-refractivity contribution is 7.85. The molecule has 25 heavy (non-hydrogen) atoms. The molecule has 0 radical (unpaired) electrons. The Labute approximate surface area is 152 Å². The highest BCUT2D eigenvalue weighted by atomic mass is 32.2. The molecule has 0 aromatic heterocycles. The van der Waals surface area contributed by atoms with Crippen LogP contribution < -0.4 is 0 Å². The molecule has 2 aromatic carbocycles. The Bertz CT molecular complexity index is 713. The van der Waals surface area contributed by atoms with Crippen LogP contribution in [0.25, 0.3) is 0 Å². The maximum Gasteiger partial charge on any atom is 0.294 e. The molecule has 138 valence electrons. The first kappa shape index (κ1) is 21.4. The molecule has 0 aliphatic heterocycles. The first-order chi connectivity index (χ1) is 11.8. The highest BCUT2D eigenvalue weighted by Gasteiger charge is 2.20. The average Bonchev–Trinajstić information content (AvgIpc) is 2.61. The number of nitrogens with zero attached hydrogens (tertiary/aromatic N) is 1. The van der Waals surface area contributed by atoms with E-state index in [1.54, 1.807) is 12.1 Å². The van der Waals surface area contributed by atoms with Gasteiger partial charge in [0.05, 0.1) is 24.5 Å². The molecule has 0 saturated heterocycles. The maximum absolute atomic E-state index is 10.5. The molecule has 0 atom stereocenters. The quantitative estimate of drug-likeness (QED) is 0.614. The van der Waals surface area contributed by atoms with Crippen LogP contribution in [0, 0.1) is 6.92 Å². The first-order valence-corrected chi connectivity index (χ1v) is 10.1. The second kappa shape index (κ2) is 9.70. The molecule has 0 saturated carbocycles. The Morgan fingerprint density at radius 1 is 0.840 bits per heavy atom. The molecular formula is C20H30NO3S+. The second-order valence-corrected chi connectivity index (χ2v) is 7.64. The number of hydrogen-bond acceptors (Lipinski definition) is 2. The average molecular weight is 365 g/mol. The third-order valence-electron chi connectivity index (χ3n) is 4.69. The predicted octanol–water partition coefficient (Wildman–Crippen LogP) is 4.30. The van der Waals surface area contributed by atoms with Crippen LogP contribution >= 0.6 is 0 Å². The van der Waals surface area contributed by atoms with Crippen molar-refractivity contribution in [1.29, 1.82) is 0 Å². The van der Waals surface area contributed by atoms with Gasteiger partial charge in [-0.3, -0.25) is 4.55 Å². The van der Waals surface area contributed by atoms with Crippen molar-refractivity contribution >= 4 is 10.1 Å². The molecule has 0 fully saturated rings. The van der Waals surface area contributed by atoms with Gasteiger partial charge in [0.2, 0.25) is 0 Å². The van der Waals surface area contributed by atoms with Gasteiger partial charge in [0, 0.05) is 5.56 Å². The van der Waals surface area contributed by atoms with Crippen molar-refractivity contribution in [2.45, 2.75) is 39.1 Å². The van der Waals surface area contributed by atoms with E-state index < -0.39 is 10.1 Å². The summed E-state index contributed by atoms with van der Waals surface area (Å²) in [6.45, 7) is 13.5. The molecule has 0 aliphatic rings. The van der Waals surface area contributed by atoms with E-state index in [2.05, 4.69) is 51.1 Å². The Hall–Kier alpha value is -1.69. The minimum atomic E-state index is -4.02. The molecule has 0 heterocycles. The fraction of sp³-hybridized carbons (Fsp3) is 0.400. The molecule has 4 nitrogen and oxygen atoms in total. The summed E-state index contributed by atoms with van der Waals surface area (Å²) in [5, 5.41) is 0. The number of aryl methyl sites for hydroxylation is 1. The SMILES string of the molecule is CC[N+](CC)(CC)Cc1ccccc1.Cc1ccc(S(=O)(=O)O)cc1. The molecule has 5 heteroatoms. The molecule has 0 unspecified atom stereocenters. The standard InChI is InChI=1S/C13H22N.C7H8O3S/c1-4-14(5-2,6-3)12-13-10-8-7-9-11-13;1-6-2-4-7(5-3-6)11(8,9)10/h7-11H,4-6,12H2,1-3H3;2-5H,1H3,(H,8,9,10)/q+1;. The van der Waals surface area contributed by atoms with Gasteiger partial charge in [-0.15, -0.1) is 0 Å². The summed E-state index contributed by atoms with van der Waals surface area (Å²) in [5.74, 6) is 0. The lowest BCUT2D eigenvalue weighted by atomic mass is 10.2. The van der Waals surface area contributed by atoms with Crippen LogP contribution in [0.3, 0.4) is 0 Å². The van der Waals surface area contributed by atoms with E-state index in [0.29, 0.717) is 0 Å². The lowest BCUT2D eigenvalue weighted by Gasteiger charge is -2.35. The van der Waals surface area contributed by atoms with Gasteiger partial charge in [0.1, 0.15) is 6.54 Å². The van der Waals surface area contributed by atoms with Crippen LogP contribution in [0.1, 0.15) is 31.9 Å². The van der Waals surface area contributed by atoms with Crippen LogP contribution in [0.15, 0.2) is 59.5 Å². The second-order valence-electron chi connectivity index (χ2n) is 6.22. The van der Waals surface area contributed by atoms with Crippen molar-refractivity contribution in [1.82, 2.24) is 0 Å². The number of quaternary nitrogens is 1. The van der Waals surface area contributed by atoms with Crippen LogP contribution in [0.2, 0.25) is 0 Å². The fourth-order valence-corrected chi connectivity index (χ4v) is 3.17. The third kappa shape index (κ3) is 6.98. The lowest BCUT2D eigenvalue weighted by Crippen LogP contribution is -2.46. The van der Waals surface area contributed by atoms with Crippen LogP contribution in [0.4, 0.5) is 0 Å². The third-order valence-corrected chi connectivity index (χ3v) is 5.56. The first-order valence-electron chi connectivity index (χ1n) is 8.69. The largest absolute Gasteiger partial charge is 0.321 e. The van der Waals surface area contributed by atoms with E-state index in [1.807, 2.05) is 6.92 Å². The number of rotatable bonds is 6. The van der Waals surface area contributed by atoms with E-state index in [-0.39, 0.29) is 4.90 Å². The van der Waals surface area contributed by atoms with Gasteiger partial charge in [-0.25, -0.2) is 0 Å². The zero-order chi connectivity index (χ0) is 18.9. The van der Waals surface area contributed by atoms with E-state index in [4.69, 9.17) is 4.55 Å². The number of hydrogen-bond donors (Lipinski definition) is 1. The molecule has 0 amide bonds. The summed E-state index contributed by atoms with van der Waals surface area (Å²) in [4.78, 5) is -0.0666. The summed E-state index contributed by atoms with van der Waals surface area (Å²) in [6, 6.07) is 16.8. The van der Waals surface area contributed by atoms with Gasteiger partial charge in [0.25, 0.3) is 10.1 Å². The zero-order valence-corrected chi connectivity index (χ0v) is 16.5. The molecule has 1 N–H and O–H groups in total. The van der Waals surface area contributed by atoms with Gasteiger partial charge in [-0.1, -0.05) is 48.0 Å². The van der Waals surface area contributed by atoms with E-state index in [0.717, 1.165) is 5.56 Å². The van der Waals surface area contributed by atoms with Gasteiger partial charge in [-0.2, -0.15) is 8.42 Å². The Balaban J connectivity index is 0.000000257. The van der Waals surface area contributed by atoms with Crippen LogP contribution in [-0.2, 0) is 16.7 Å².